The molecule has 0 aromatic carbocycles. The molecule has 1 N–H and O–H groups in total. The minimum Gasteiger partial charge on any atom is -0.563 e. The van der Waals surface area contributed by atoms with Crippen molar-refractivity contribution in [1.82, 2.24) is 0 Å². The largest absolute Gasteiger partial charge is 4.00 e. The van der Waals surface area contributed by atoms with Gasteiger partial charge in [-0.2, -0.15) is 0 Å². The number of aliphatic hydroxyl groups excluding tert-OH is 1. The second-order valence-electron chi connectivity index (χ2n) is 2.17. The molecule has 11 nitrogen and oxygen atoms in total. The Morgan fingerprint density at radius 3 is 1.10 bits per heavy atom. The van der Waals surface area contributed by atoms with E-state index in [1.807, 2.05) is 0 Å². The molecule has 0 aromatic heterocycles. The van der Waals surface area contributed by atoms with Gasteiger partial charge >= 0.3 is 54.7 Å². The van der Waals surface area contributed by atoms with Gasteiger partial charge in [-0.25, -0.2) is 0 Å². The summed E-state index contributed by atoms with van der Waals surface area (Å²) in [6.07, 6.45) is 0. The van der Waals surface area contributed by atoms with Crippen molar-refractivity contribution in [3.05, 3.63) is 12.2 Å². The average Bonchev–Trinajstić information content (AvgIpc) is 2.14. The van der Waals surface area contributed by atoms with Crippen LogP contribution in [0.15, 0.2) is 12.2 Å². The van der Waals surface area contributed by atoms with Gasteiger partial charge in [0.25, 0.3) is 0 Å². The third kappa shape index (κ3) is 51.3. The second kappa shape index (κ2) is 19.6. The van der Waals surface area contributed by atoms with Crippen LogP contribution in [-0.2, 0) is 48.6 Å². The summed E-state index contributed by atoms with van der Waals surface area (Å²) in [6.45, 7) is 5.31. The molecule has 0 aliphatic heterocycles. The summed E-state index contributed by atoms with van der Waals surface area (Å²) in [7, 11) is -12.9. The van der Waals surface area contributed by atoms with Crippen molar-refractivity contribution < 1.29 is 73.3 Å². The van der Waals surface area contributed by atoms with Gasteiger partial charge in [0.15, 0.2) is 0 Å². The third-order valence-corrected chi connectivity index (χ3v) is 2.67. The first-order valence-electron chi connectivity index (χ1n) is 3.71. The van der Waals surface area contributed by atoms with Gasteiger partial charge < -0.3 is 24.7 Å². The van der Waals surface area contributed by atoms with E-state index in [0.29, 0.717) is 0 Å². The molecule has 110 valence electrons. The summed E-state index contributed by atoms with van der Waals surface area (Å²) < 4.78 is 43.3. The SMILES string of the molecule is C=C(C)CO.O=[P+]([O-])O[P+](=O)[O-].O=[P+]([O-])O[P+](=O)[O-].[Ti+4]. The van der Waals surface area contributed by atoms with Gasteiger partial charge in [0, 0.05) is 0 Å². The maximum Gasteiger partial charge on any atom is 4.00 e. The van der Waals surface area contributed by atoms with E-state index < -0.39 is 33.0 Å². The zero-order valence-electron chi connectivity index (χ0n) is 9.73. The van der Waals surface area contributed by atoms with E-state index >= 15 is 0 Å². The molecule has 0 aliphatic rings. The predicted octanol–water partition coefficient (Wildman–Crippen LogP) is -1.37. The molecule has 0 rings (SSSR count). The van der Waals surface area contributed by atoms with E-state index in [-0.39, 0.29) is 28.3 Å². The monoisotopic (exact) mass is 404 g/mol. The normalized spacial score (nSPS) is 11.3. The standard InChI is InChI=1S/C4H8O.2O5P2.Ti/c1-4(2)3-5;2*1-6(2)5-7(3)4;/h5H,1,3H2,2H3;;;/q;;;+4. The summed E-state index contributed by atoms with van der Waals surface area (Å²) >= 11 is 0. The van der Waals surface area contributed by atoms with Crippen LogP contribution in [0.1, 0.15) is 6.92 Å². The van der Waals surface area contributed by atoms with Crippen molar-refractivity contribution in [2.45, 2.75) is 6.92 Å². The van der Waals surface area contributed by atoms with Crippen molar-refractivity contribution in [1.29, 1.82) is 0 Å². The molecule has 4 unspecified atom stereocenters. The maximum atomic E-state index is 9.24. The van der Waals surface area contributed by atoms with E-state index in [2.05, 4.69) is 15.2 Å². The molecule has 4 atom stereocenters. The summed E-state index contributed by atoms with van der Waals surface area (Å²) in [6, 6.07) is 0. The van der Waals surface area contributed by atoms with E-state index in [1.165, 1.54) is 0 Å². The molecule has 0 bridgehead atoms. The van der Waals surface area contributed by atoms with E-state index in [9.17, 15) is 37.8 Å². The fraction of sp³-hybridized carbons (Fsp3) is 0.500. The Balaban J connectivity index is -0.0000000952. The first-order chi connectivity index (χ1) is 8.52. The fourth-order valence-electron chi connectivity index (χ4n) is 0.109. The smallest absolute Gasteiger partial charge is 0.563 e. The minimum atomic E-state index is -3.24. The molecule has 0 spiro atoms. The van der Waals surface area contributed by atoms with Gasteiger partial charge in [-0.3, -0.25) is 0 Å². The Morgan fingerprint density at radius 2 is 1.10 bits per heavy atom. The van der Waals surface area contributed by atoms with Gasteiger partial charge in [-0.1, -0.05) is 12.2 Å². The Morgan fingerprint density at radius 1 is 0.950 bits per heavy atom. The van der Waals surface area contributed by atoms with Crippen LogP contribution in [0.3, 0.4) is 0 Å². The summed E-state index contributed by atoms with van der Waals surface area (Å²) in [4.78, 5) is 37.0. The van der Waals surface area contributed by atoms with Crippen LogP contribution >= 0.6 is 33.0 Å². The van der Waals surface area contributed by atoms with Crippen LogP contribution in [0.25, 0.3) is 0 Å². The van der Waals surface area contributed by atoms with Crippen LogP contribution < -0.4 is 19.6 Å². The van der Waals surface area contributed by atoms with Crippen LogP contribution in [0.2, 0.25) is 0 Å². The van der Waals surface area contributed by atoms with Crippen LogP contribution in [0.5, 0.6) is 0 Å². The Kier molecular flexibility index (Phi) is 28.1. The average molecular weight is 404 g/mol. The Hall–Kier alpha value is 0.574. The van der Waals surface area contributed by atoms with Gasteiger partial charge in [0.1, 0.15) is 8.62 Å². The van der Waals surface area contributed by atoms with E-state index in [1.54, 1.807) is 6.92 Å². The zero-order chi connectivity index (χ0) is 16.0. The van der Waals surface area contributed by atoms with Crippen molar-refractivity contribution in [3.8, 4) is 0 Å². The number of rotatable bonds is 5. The molecule has 0 heterocycles. The molecule has 0 saturated carbocycles. The van der Waals surface area contributed by atoms with Crippen LogP contribution in [-0.4, -0.2) is 11.7 Å². The van der Waals surface area contributed by atoms with Gasteiger partial charge in [-0.15, -0.1) is 0 Å². The number of hydrogen-bond donors (Lipinski definition) is 1. The van der Waals surface area contributed by atoms with Gasteiger partial charge in [0.05, 0.1) is 6.61 Å². The van der Waals surface area contributed by atoms with E-state index in [4.69, 9.17) is 5.11 Å². The molecule has 20 heavy (non-hydrogen) atoms. The molecule has 16 heteroatoms. The quantitative estimate of drug-likeness (QED) is 0.322. The van der Waals surface area contributed by atoms with Crippen molar-refractivity contribution in [2.75, 3.05) is 6.61 Å². The Labute approximate surface area is 132 Å². The second-order valence-corrected chi connectivity index (χ2v) is 5.27. The van der Waals surface area contributed by atoms with Gasteiger partial charge in [-0.05, 0) is 25.2 Å². The Bertz CT molecular complexity index is 295. The molecule has 0 fully saturated rings. The van der Waals surface area contributed by atoms with Crippen molar-refractivity contribution in [3.63, 3.8) is 0 Å². The fourth-order valence-corrected chi connectivity index (χ4v) is 0.980. The van der Waals surface area contributed by atoms with Crippen LogP contribution in [0.4, 0.5) is 0 Å². The van der Waals surface area contributed by atoms with Crippen molar-refractivity contribution >= 4 is 33.0 Å². The number of hydrogen-bond acceptors (Lipinski definition) is 11. The summed E-state index contributed by atoms with van der Waals surface area (Å²) in [5, 5.41) is 8.04. The first-order valence-corrected chi connectivity index (χ1v) is 8.10. The molecular formula is C4H8O11P4Ti+4. The van der Waals surface area contributed by atoms with Gasteiger partial charge in [0.2, 0.25) is 0 Å². The molecule has 0 aliphatic carbocycles. The summed E-state index contributed by atoms with van der Waals surface area (Å²) in [5.74, 6) is 0. The first kappa shape index (κ1) is 28.7. The topological polar surface area (TPSA) is 199 Å². The predicted molar refractivity (Wildman–Crippen MR) is 54.5 cm³/mol. The summed E-state index contributed by atoms with van der Waals surface area (Å²) in [5.41, 5.74) is 0.810. The molecular weight excluding hydrogens is 396 g/mol. The zero-order valence-corrected chi connectivity index (χ0v) is 14.9. The van der Waals surface area contributed by atoms with E-state index in [0.717, 1.165) is 5.57 Å². The van der Waals surface area contributed by atoms with Crippen molar-refractivity contribution in [2.24, 2.45) is 0 Å². The molecule has 0 radical (unpaired) electrons. The van der Waals surface area contributed by atoms with Crippen LogP contribution in [0, 0.1) is 0 Å². The third-order valence-electron chi connectivity index (χ3n) is 0.537. The maximum absolute atomic E-state index is 9.24. The minimum absolute atomic E-state index is 0. The number of aliphatic hydroxyl groups is 1. The molecule has 0 amide bonds. The molecule has 0 aromatic rings. The molecule has 0 saturated heterocycles.